The van der Waals surface area contributed by atoms with Crippen LogP contribution in [0.3, 0.4) is 0 Å². The van der Waals surface area contributed by atoms with Crippen molar-refractivity contribution >= 4 is 0 Å². The molecule has 0 aliphatic heterocycles. The fourth-order valence-corrected chi connectivity index (χ4v) is 1.98. The van der Waals surface area contributed by atoms with Crippen LogP contribution >= 0.6 is 0 Å². The van der Waals surface area contributed by atoms with Crippen LogP contribution in [0.25, 0.3) is 0 Å². The fraction of sp³-hybridized carbons (Fsp3) is 0.867. The predicted octanol–water partition coefficient (Wildman–Crippen LogP) is 5.30. The zero-order valence-corrected chi connectivity index (χ0v) is 11.6. The minimum absolute atomic E-state index is 0.722. The van der Waals surface area contributed by atoms with E-state index >= 15 is 0 Å². The highest BCUT2D eigenvalue weighted by atomic mass is 14.2. The largest absolute Gasteiger partial charge is 0.0854 e. The Morgan fingerprint density at radius 3 is 2.00 bits per heavy atom. The van der Waals surface area contributed by atoms with Gasteiger partial charge >= 0.3 is 0 Å². The van der Waals surface area contributed by atoms with E-state index in [2.05, 4.69) is 53.7 Å². The molecule has 0 aromatic rings. The van der Waals surface area contributed by atoms with Gasteiger partial charge in [-0.25, -0.2) is 0 Å². The molecule has 0 N–H and O–H groups in total. The third kappa shape index (κ3) is 6.02. The Hall–Kier alpha value is -0.260. The molecular weight excluding hydrogens is 180 g/mol. The summed E-state index contributed by atoms with van der Waals surface area (Å²) in [6, 6.07) is 0. The maximum absolute atomic E-state index is 2.43. The maximum atomic E-state index is 2.43. The van der Waals surface area contributed by atoms with Crippen molar-refractivity contribution in [3.8, 4) is 0 Å². The van der Waals surface area contributed by atoms with Crippen LogP contribution in [0.1, 0.15) is 60.8 Å². The highest BCUT2D eigenvalue weighted by Gasteiger charge is 2.15. The van der Waals surface area contributed by atoms with E-state index in [4.69, 9.17) is 0 Å². The van der Waals surface area contributed by atoms with E-state index < -0.39 is 0 Å². The van der Waals surface area contributed by atoms with Crippen LogP contribution in [-0.2, 0) is 0 Å². The van der Waals surface area contributed by atoms with Crippen molar-refractivity contribution < 1.29 is 0 Å². The maximum Gasteiger partial charge on any atom is -0.0234 e. The summed E-state index contributed by atoms with van der Waals surface area (Å²) in [4.78, 5) is 0. The summed E-state index contributed by atoms with van der Waals surface area (Å²) in [6.07, 6.45) is 8.75. The second kappa shape index (κ2) is 7.96. The van der Waals surface area contributed by atoms with Gasteiger partial charge in [-0.2, -0.15) is 0 Å². The van der Waals surface area contributed by atoms with E-state index in [0.29, 0.717) is 0 Å². The van der Waals surface area contributed by atoms with Gasteiger partial charge in [0.1, 0.15) is 0 Å². The molecule has 0 radical (unpaired) electrons. The minimum atomic E-state index is 0.722. The lowest BCUT2D eigenvalue weighted by molar-refractivity contribution is 0.311. The van der Waals surface area contributed by atoms with E-state index in [1.807, 2.05) is 0 Å². The predicted molar refractivity (Wildman–Crippen MR) is 71.0 cm³/mol. The molecule has 0 aliphatic rings. The zero-order valence-electron chi connectivity index (χ0n) is 11.6. The molecule has 0 aromatic carbocycles. The molecule has 0 nitrogen and oxygen atoms in total. The molecule has 0 heteroatoms. The molecule has 0 rings (SSSR count). The second-order valence-electron chi connectivity index (χ2n) is 5.25. The first kappa shape index (κ1) is 14.7. The minimum Gasteiger partial charge on any atom is -0.0854 e. The smallest absolute Gasteiger partial charge is 0.0234 e. The average Bonchev–Trinajstić information content (AvgIpc) is 2.24. The van der Waals surface area contributed by atoms with Gasteiger partial charge in [-0.1, -0.05) is 66.5 Å². The molecule has 0 aromatic heterocycles. The molecule has 0 aliphatic carbocycles. The molecule has 15 heavy (non-hydrogen) atoms. The summed E-state index contributed by atoms with van der Waals surface area (Å²) < 4.78 is 0. The van der Waals surface area contributed by atoms with Crippen LogP contribution in [0.5, 0.6) is 0 Å². The summed E-state index contributed by atoms with van der Waals surface area (Å²) in [5.41, 5.74) is 0. The zero-order chi connectivity index (χ0) is 11.8. The van der Waals surface area contributed by atoms with Gasteiger partial charge in [-0.05, 0) is 30.1 Å². The average molecular weight is 210 g/mol. The molecular formula is C15H30. The van der Waals surface area contributed by atoms with Crippen LogP contribution in [0, 0.1) is 23.7 Å². The Labute approximate surface area is 97.2 Å². The van der Waals surface area contributed by atoms with Crippen molar-refractivity contribution in [2.75, 3.05) is 0 Å². The first-order chi connectivity index (χ1) is 7.02. The lowest BCUT2D eigenvalue weighted by Crippen LogP contribution is -2.14. The molecule has 0 heterocycles. The van der Waals surface area contributed by atoms with Gasteiger partial charge < -0.3 is 0 Å². The van der Waals surface area contributed by atoms with E-state index in [0.717, 1.165) is 23.7 Å². The van der Waals surface area contributed by atoms with Gasteiger partial charge in [0, 0.05) is 0 Å². The highest BCUT2D eigenvalue weighted by molar-refractivity contribution is 4.92. The molecule has 0 spiro atoms. The fourth-order valence-electron chi connectivity index (χ4n) is 1.98. The Bertz CT molecular complexity index is 169. The Balaban J connectivity index is 4.05. The molecule has 4 atom stereocenters. The van der Waals surface area contributed by atoms with Gasteiger partial charge in [0.2, 0.25) is 0 Å². The normalized spacial score (nSPS) is 20.1. The summed E-state index contributed by atoms with van der Waals surface area (Å²) in [6.45, 7) is 14.0. The first-order valence-corrected chi connectivity index (χ1v) is 6.71. The molecule has 0 fully saturated rings. The molecule has 4 unspecified atom stereocenters. The van der Waals surface area contributed by atoms with Crippen molar-refractivity contribution in [2.45, 2.75) is 60.8 Å². The van der Waals surface area contributed by atoms with Gasteiger partial charge in [-0.3, -0.25) is 0 Å². The van der Waals surface area contributed by atoms with Crippen LogP contribution in [0.4, 0.5) is 0 Å². The number of hydrogen-bond acceptors (Lipinski definition) is 0. The van der Waals surface area contributed by atoms with Crippen molar-refractivity contribution in [2.24, 2.45) is 23.7 Å². The van der Waals surface area contributed by atoms with Gasteiger partial charge in [0.05, 0.1) is 0 Å². The molecule has 0 saturated carbocycles. The first-order valence-electron chi connectivity index (χ1n) is 6.71. The third-order valence-electron chi connectivity index (χ3n) is 3.86. The van der Waals surface area contributed by atoms with Crippen molar-refractivity contribution in [1.82, 2.24) is 0 Å². The van der Waals surface area contributed by atoms with E-state index in [1.54, 1.807) is 0 Å². The summed E-state index contributed by atoms with van der Waals surface area (Å²) in [7, 11) is 0. The summed E-state index contributed by atoms with van der Waals surface area (Å²) in [5.74, 6) is 3.12. The van der Waals surface area contributed by atoms with Gasteiger partial charge in [0.15, 0.2) is 0 Å². The molecule has 0 amide bonds. The molecule has 90 valence electrons. The van der Waals surface area contributed by atoms with E-state index in [-0.39, 0.29) is 0 Å². The number of hydrogen-bond donors (Lipinski definition) is 0. The molecule has 0 bridgehead atoms. The lowest BCUT2D eigenvalue weighted by atomic mass is 9.83. The van der Waals surface area contributed by atoms with Crippen molar-refractivity contribution in [1.29, 1.82) is 0 Å². The second-order valence-corrected chi connectivity index (χ2v) is 5.25. The third-order valence-corrected chi connectivity index (χ3v) is 3.86. The number of rotatable bonds is 7. The van der Waals surface area contributed by atoms with E-state index in [1.165, 1.54) is 19.3 Å². The lowest BCUT2D eigenvalue weighted by Gasteiger charge is -2.23. The van der Waals surface area contributed by atoms with Crippen LogP contribution in [-0.4, -0.2) is 0 Å². The van der Waals surface area contributed by atoms with Crippen molar-refractivity contribution in [3.63, 3.8) is 0 Å². The summed E-state index contributed by atoms with van der Waals surface area (Å²) >= 11 is 0. The van der Waals surface area contributed by atoms with Gasteiger partial charge in [0.25, 0.3) is 0 Å². The monoisotopic (exact) mass is 210 g/mol. The standard InChI is InChI=1S/C15H30/c1-7-9-12(3)10-11-14(5)15(6)13(4)8-2/h10-15H,7-9H2,1-6H3. The number of allylic oxidation sites excluding steroid dienone is 2. The quantitative estimate of drug-likeness (QED) is 0.500. The summed E-state index contributed by atoms with van der Waals surface area (Å²) in [5, 5.41) is 0. The van der Waals surface area contributed by atoms with Crippen LogP contribution in [0.2, 0.25) is 0 Å². The Morgan fingerprint density at radius 2 is 1.53 bits per heavy atom. The van der Waals surface area contributed by atoms with Crippen molar-refractivity contribution in [3.05, 3.63) is 12.2 Å². The Kier molecular flexibility index (Phi) is 7.82. The molecule has 0 saturated heterocycles. The van der Waals surface area contributed by atoms with Crippen LogP contribution < -0.4 is 0 Å². The van der Waals surface area contributed by atoms with E-state index in [9.17, 15) is 0 Å². The van der Waals surface area contributed by atoms with Crippen LogP contribution in [0.15, 0.2) is 12.2 Å². The topological polar surface area (TPSA) is 0 Å². The Morgan fingerprint density at radius 1 is 0.933 bits per heavy atom. The van der Waals surface area contributed by atoms with Gasteiger partial charge in [-0.15, -0.1) is 0 Å². The SMILES string of the molecule is CCCC(C)C=CC(C)C(C)C(C)CC. The highest BCUT2D eigenvalue weighted by Crippen LogP contribution is 2.24.